The summed E-state index contributed by atoms with van der Waals surface area (Å²) in [5.74, 6) is -1.94. The molecule has 0 aliphatic rings. The molecule has 2 N–H and O–H groups in total. The summed E-state index contributed by atoms with van der Waals surface area (Å²) in [6.45, 7) is 1.60. The first-order valence-corrected chi connectivity index (χ1v) is 5.24. The van der Waals surface area contributed by atoms with Gasteiger partial charge < -0.3 is 10.4 Å². The fourth-order valence-corrected chi connectivity index (χ4v) is 1.40. The second-order valence-electron chi connectivity index (χ2n) is 3.55. The Morgan fingerprint density at radius 1 is 1.44 bits per heavy atom. The molecule has 1 rings (SSSR count). The van der Waals surface area contributed by atoms with E-state index in [1.165, 1.54) is 24.3 Å². The zero-order valence-corrected chi connectivity index (χ0v) is 9.62. The van der Waals surface area contributed by atoms with E-state index in [2.05, 4.69) is 5.32 Å². The molecule has 0 fully saturated rings. The van der Waals surface area contributed by atoms with Crippen LogP contribution in [0.15, 0.2) is 24.3 Å². The smallest absolute Gasteiger partial charge is 0.326 e. The third-order valence-corrected chi connectivity index (χ3v) is 2.36. The average molecular weight is 252 g/mol. The van der Waals surface area contributed by atoms with E-state index in [0.29, 0.717) is 0 Å². The third kappa shape index (κ3) is 3.03. The molecule has 0 spiro atoms. The molecule has 0 bridgehead atoms. The molecular formula is C11H12N2O5. The predicted octanol–water partition coefficient (Wildman–Crippen LogP) is 1.19. The van der Waals surface area contributed by atoms with E-state index >= 15 is 0 Å². The first-order chi connectivity index (χ1) is 8.47. The Morgan fingerprint density at radius 2 is 2.06 bits per heavy atom. The number of carbonyl (C=O) groups excluding carboxylic acids is 1. The zero-order valence-electron chi connectivity index (χ0n) is 9.62. The van der Waals surface area contributed by atoms with Gasteiger partial charge in [-0.05, 0) is 12.5 Å². The van der Waals surface area contributed by atoms with Gasteiger partial charge in [0.1, 0.15) is 11.6 Å². The van der Waals surface area contributed by atoms with Crippen LogP contribution < -0.4 is 5.32 Å². The standard InChI is InChI=1S/C11H12N2O5/c1-2-8(11(15)16)12-10(14)7-5-3-4-6-9(7)13(17)18/h3-6,8H,2H2,1H3,(H,12,14)(H,15,16). The highest BCUT2D eigenvalue weighted by Crippen LogP contribution is 2.17. The lowest BCUT2D eigenvalue weighted by Crippen LogP contribution is -2.40. The number of rotatable bonds is 5. The first kappa shape index (κ1) is 13.6. The molecule has 0 saturated heterocycles. The van der Waals surface area contributed by atoms with Gasteiger partial charge >= 0.3 is 5.97 Å². The van der Waals surface area contributed by atoms with Gasteiger partial charge in [-0.3, -0.25) is 14.9 Å². The van der Waals surface area contributed by atoms with E-state index in [4.69, 9.17) is 5.11 Å². The van der Waals surface area contributed by atoms with Crippen LogP contribution in [0, 0.1) is 10.1 Å². The zero-order chi connectivity index (χ0) is 13.7. The van der Waals surface area contributed by atoms with Crippen LogP contribution in [-0.2, 0) is 4.79 Å². The van der Waals surface area contributed by atoms with Crippen molar-refractivity contribution in [3.63, 3.8) is 0 Å². The van der Waals surface area contributed by atoms with Crippen LogP contribution in [0.5, 0.6) is 0 Å². The second-order valence-corrected chi connectivity index (χ2v) is 3.55. The predicted molar refractivity (Wildman–Crippen MR) is 62.3 cm³/mol. The number of nitro groups is 1. The van der Waals surface area contributed by atoms with Gasteiger partial charge in [-0.1, -0.05) is 19.1 Å². The minimum atomic E-state index is -1.18. The van der Waals surface area contributed by atoms with Gasteiger partial charge in [0.15, 0.2) is 0 Å². The minimum Gasteiger partial charge on any atom is -0.480 e. The molecule has 0 heterocycles. The van der Waals surface area contributed by atoms with E-state index in [1.54, 1.807) is 6.92 Å². The van der Waals surface area contributed by atoms with Gasteiger partial charge in [0.2, 0.25) is 0 Å². The lowest BCUT2D eigenvalue weighted by Gasteiger charge is -2.12. The van der Waals surface area contributed by atoms with Gasteiger partial charge in [-0.2, -0.15) is 0 Å². The van der Waals surface area contributed by atoms with Gasteiger partial charge in [0, 0.05) is 6.07 Å². The largest absolute Gasteiger partial charge is 0.480 e. The number of hydrogen-bond acceptors (Lipinski definition) is 4. The molecule has 0 saturated carbocycles. The summed E-state index contributed by atoms with van der Waals surface area (Å²) in [4.78, 5) is 32.6. The molecule has 0 aromatic heterocycles. The number of benzene rings is 1. The number of carboxylic acid groups (broad SMARTS) is 1. The van der Waals surface area contributed by atoms with Crippen molar-refractivity contribution in [3.05, 3.63) is 39.9 Å². The van der Waals surface area contributed by atoms with Crippen molar-refractivity contribution in [2.75, 3.05) is 0 Å². The van der Waals surface area contributed by atoms with E-state index in [9.17, 15) is 19.7 Å². The molecule has 1 amide bonds. The van der Waals surface area contributed by atoms with Crippen LogP contribution in [0.3, 0.4) is 0 Å². The fourth-order valence-electron chi connectivity index (χ4n) is 1.40. The monoisotopic (exact) mass is 252 g/mol. The number of carbonyl (C=O) groups is 2. The van der Waals surface area contributed by atoms with Crippen molar-refractivity contribution in [1.82, 2.24) is 5.32 Å². The van der Waals surface area contributed by atoms with Crippen molar-refractivity contribution < 1.29 is 19.6 Å². The molecule has 7 heteroatoms. The molecular weight excluding hydrogens is 240 g/mol. The maximum Gasteiger partial charge on any atom is 0.326 e. The summed E-state index contributed by atoms with van der Waals surface area (Å²) in [6.07, 6.45) is 0.196. The molecule has 1 atom stereocenters. The maximum absolute atomic E-state index is 11.8. The summed E-state index contributed by atoms with van der Waals surface area (Å²) < 4.78 is 0. The Hall–Kier alpha value is -2.44. The summed E-state index contributed by atoms with van der Waals surface area (Å²) in [5.41, 5.74) is -0.502. The van der Waals surface area contributed by atoms with E-state index in [1.807, 2.05) is 0 Å². The van der Waals surface area contributed by atoms with Gasteiger partial charge in [-0.25, -0.2) is 4.79 Å². The molecule has 1 unspecified atom stereocenters. The van der Waals surface area contributed by atoms with E-state index < -0.39 is 22.8 Å². The number of amides is 1. The SMILES string of the molecule is CCC(NC(=O)c1ccccc1[N+](=O)[O-])C(=O)O. The molecule has 18 heavy (non-hydrogen) atoms. The number of nitro benzene ring substituents is 1. The molecule has 0 aliphatic carbocycles. The summed E-state index contributed by atoms with van der Waals surface area (Å²) in [6, 6.07) is 4.32. The van der Waals surface area contributed by atoms with Crippen LogP contribution in [0.1, 0.15) is 23.7 Å². The molecule has 7 nitrogen and oxygen atoms in total. The quantitative estimate of drug-likeness (QED) is 0.604. The van der Waals surface area contributed by atoms with Crippen molar-refractivity contribution >= 4 is 17.6 Å². The van der Waals surface area contributed by atoms with Crippen LogP contribution in [0.25, 0.3) is 0 Å². The van der Waals surface area contributed by atoms with Crippen molar-refractivity contribution in [2.24, 2.45) is 0 Å². The number of hydrogen-bond donors (Lipinski definition) is 2. The Kier molecular flexibility index (Phi) is 4.36. The van der Waals surface area contributed by atoms with Crippen LogP contribution in [-0.4, -0.2) is 27.9 Å². The summed E-state index contributed by atoms with van der Waals surface area (Å²) in [5, 5.41) is 21.8. The lowest BCUT2D eigenvalue weighted by molar-refractivity contribution is -0.385. The highest BCUT2D eigenvalue weighted by Gasteiger charge is 2.23. The Bertz CT molecular complexity index is 486. The van der Waals surface area contributed by atoms with Crippen LogP contribution in [0.4, 0.5) is 5.69 Å². The van der Waals surface area contributed by atoms with Crippen LogP contribution >= 0.6 is 0 Å². The van der Waals surface area contributed by atoms with Crippen molar-refractivity contribution in [2.45, 2.75) is 19.4 Å². The number of carboxylic acids is 1. The highest BCUT2D eigenvalue weighted by molar-refractivity contribution is 5.99. The van der Waals surface area contributed by atoms with Crippen LogP contribution in [0.2, 0.25) is 0 Å². The van der Waals surface area contributed by atoms with E-state index in [0.717, 1.165) is 0 Å². The Balaban J connectivity index is 2.97. The normalized spacial score (nSPS) is 11.6. The van der Waals surface area contributed by atoms with Gasteiger partial charge in [0.05, 0.1) is 4.92 Å². The van der Waals surface area contributed by atoms with E-state index in [-0.39, 0.29) is 17.7 Å². The fraction of sp³-hybridized carbons (Fsp3) is 0.273. The third-order valence-electron chi connectivity index (χ3n) is 2.36. The van der Waals surface area contributed by atoms with Crippen molar-refractivity contribution in [1.29, 1.82) is 0 Å². The minimum absolute atomic E-state index is 0.151. The highest BCUT2D eigenvalue weighted by atomic mass is 16.6. The number of para-hydroxylation sites is 1. The van der Waals surface area contributed by atoms with Gasteiger partial charge in [0.25, 0.3) is 11.6 Å². The molecule has 96 valence electrons. The molecule has 1 aromatic carbocycles. The number of nitrogens with one attached hydrogen (secondary N) is 1. The topological polar surface area (TPSA) is 110 Å². The Morgan fingerprint density at radius 3 is 2.56 bits per heavy atom. The molecule has 0 radical (unpaired) electrons. The number of nitrogens with zero attached hydrogens (tertiary/aromatic N) is 1. The molecule has 1 aromatic rings. The summed E-state index contributed by atoms with van der Waals surface area (Å²) >= 11 is 0. The first-order valence-electron chi connectivity index (χ1n) is 5.24. The lowest BCUT2D eigenvalue weighted by atomic mass is 10.1. The van der Waals surface area contributed by atoms with Crippen molar-refractivity contribution in [3.8, 4) is 0 Å². The van der Waals surface area contributed by atoms with Gasteiger partial charge in [-0.15, -0.1) is 0 Å². The molecule has 0 aliphatic heterocycles. The Labute approximate surface area is 103 Å². The maximum atomic E-state index is 11.8. The average Bonchev–Trinajstić information content (AvgIpc) is 2.35. The second kappa shape index (κ2) is 5.76. The summed E-state index contributed by atoms with van der Waals surface area (Å²) in [7, 11) is 0. The number of aliphatic carboxylic acids is 1.